The van der Waals surface area contributed by atoms with Crippen molar-refractivity contribution in [3.8, 4) is 22.5 Å². The van der Waals surface area contributed by atoms with Crippen LogP contribution in [0.3, 0.4) is 0 Å². The lowest BCUT2D eigenvalue weighted by Gasteiger charge is -2.24. The summed E-state index contributed by atoms with van der Waals surface area (Å²) in [6.07, 6.45) is 6.55. The van der Waals surface area contributed by atoms with Crippen LogP contribution in [0.25, 0.3) is 33.5 Å². The Morgan fingerprint density at radius 1 is 1.08 bits per heavy atom. The van der Waals surface area contributed by atoms with Crippen molar-refractivity contribution in [3.05, 3.63) is 76.8 Å². The van der Waals surface area contributed by atoms with E-state index in [0.29, 0.717) is 39.0 Å². The normalized spacial score (nSPS) is 14.6. The molecular formula is C30H30ClN3O3. The fourth-order valence-corrected chi connectivity index (χ4v) is 5.78. The molecule has 1 aromatic heterocycles. The molecule has 1 saturated carbocycles. The summed E-state index contributed by atoms with van der Waals surface area (Å²) in [7, 11) is 0. The van der Waals surface area contributed by atoms with Crippen LogP contribution in [-0.4, -0.2) is 33.0 Å². The molecule has 5 rings (SSSR count). The summed E-state index contributed by atoms with van der Waals surface area (Å²) in [4.78, 5) is 33.6. The summed E-state index contributed by atoms with van der Waals surface area (Å²) >= 11 is 6.65. The Morgan fingerprint density at radius 2 is 1.86 bits per heavy atom. The number of carbonyl (C=O) groups excluding carboxylic acids is 1. The van der Waals surface area contributed by atoms with E-state index in [1.807, 2.05) is 36.4 Å². The van der Waals surface area contributed by atoms with Crippen molar-refractivity contribution in [1.82, 2.24) is 15.3 Å². The number of nitrogens with zero attached hydrogens (tertiary/aromatic N) is 1. The summed E-state index contributed by atoms with van der Waals surface area (Å²) in [6.45, 7) is 2.12. The van der Waals surface area contributed by atoms with Crippen LogP contribution in [0.4, 0.5) is 0 Å². The van der Waals surface area contributed by atoms with Gasteiger partial charge in [0.2, 0.25) is 0 Å². The van der Waals surface area contributed by atoms with Gasteiger partial charge in [-0.2, -0.15) is 0 Å². The van der Waals surface area contributed by atoms with Crippen molar-refractivity contribution in [1.29, 1.82) is 0 Å². The summed E-state index contributed by atoms with van der Waals surface area (Å²) in [5, 5.41) is 13.7. The lowest BCUT2D eigenvalue weighted by molar-refractivity contribution is 0.0697. The van der Waals surface area contributed by atoms with Crippen LogP contribution in [0, 0.1) is 5.92 Å². The minimum atomic E-state index is -1.12. The lowest BCUT2D eigenvalue weighted by Crippen LogP contribution is -2.39. The summed E-state index contributed by atoms with van der Waals surface area (Å²) < 4.78 is 0. The second-order valence-corrected chi connectivity index (χ2v) is 10.2. The maximum absolute atomic E-state index is 13.2. The zero-order valence-corrected chi connectivity index (χ0v) is 21.5. The number of hydrogen-bond acceptors (Lipinski definition) is 3. The van der Waals surface area contributed by atoms with E-state index in [9.17, 15) is 14.7 Å². The number of carboxylic acids is 1. The highest BCUT2D eigenvalue weighted by Gasteiger charge is 2.27. The molecule has 190 valence electrons. The van der Waals surface area contributed by atoms with Crippen molar-refractivity contribution in [3.63, 3.8) is 0 Å². The van der Waals surface area contributed by atoms with Crippen LogP contribution in [0.1, 0.15) is 66.2 Å². The Bertz CT molecular complexity index is 1420. The van der Waals surface area contributed by atoms with Crippen LogP contribution in [-0.2, 0) is 0 Å². The SMILES string of the molecule is CCC[C@H](NC(=O)c1ccc(-c2c(Cl)cccc2-c2nc3ccccc3[nH]2)c(C(=O)O)c1)C1CCCC1. The van der Waals surface area contributed by atoms with Gasteiger partial charge in [-0.1, -0.05) is 68.1 Å². The first-order chi connectivity index (χ1) is 18.0. The molecule has 37 heavy (non-hydrogen) atoms. The van der Waals surface area contributed by atoms with Crippen LogP contribution in [0.15, 0.2) is 60.7 Å². The highest BCUT2D eigenvalue weighted by molar-refractivity contribution is 6.34. The second kappa shape index (κ2) is 10.8. The van der Waals surface area contributed by atoms with E-state index >= 15 is 0 Å². The maximum Gasteiger partial charge on any atom is 0.336 e. The molecule has 0 bridgehead atoms. The van der Waals surface area contributed by atoms with Gasteiger partial charge in [-0.05, 0) is 61.1 Å². The number of rotatable bonds is 8. The van der Waals surface area contributed by atoms with Gasteiger partial charge in [0.25, 0.3) is 5.91 Å². The van der Waals surface area contributed by atoms with Crippen LogP contribution in [0.2, 0.25) is 5.02 Å². The fraction of sp³-hybridized carbons (Fsp3) is 0.300. The molecule has 4 aromatic rings. The van der Waals surface area contributed by atoms with E-state index in [1.54, 1.807) is 18.2 Å². The monoisotopic (exact) mass is 515 g/mol. The highest BCUT2D eigenvalue weighted by Crippen LogP contribution is 2.39. The van der Waals surface area contributed by atoms with Crippen LogP contribution < -0.4 is 5.32 Å². The Labute approximate surface area is 221 Å². The van der Waals surface area contributed by atoms with Gasteiger partial charge in [0.15, 0.2) is 0 Å². The van der Waals surface area contributed by atoms with E-state index < -0.39 is 5.97 Å². The maximum atomic E-state index is 13.2. The number of aromatic carboxylic acids is 1. The molecule has 0 radical (unpaired) electrons. The van der Waals surface area contributed by atoms with E-state index in [0.717, 1.165) is 36.7 Å². The van der Waals surface area contributed by atoms with E-state index in [1.165, 1.54) is 18.9 Å². The molecule has 0 unspecified atom stereocenters. The number of amides is 1. The number of fused-ring (bicyclic) bond motifs is 1. The number of hydrogen-bond donors (Lipinski definition) is 3. The number of nitrogens with one attached hydrogen (secondary N) is 2. The van der Waals surface area contributed by atoms with E-state index in [2.05, 4.69) is 17.2 Å². The quantitative estimate of drug-likeness (QED) is 0.229. The number of imidazole rings is 1. The van der Waals surface area contributed by atoms with Crippen molar-refractivity contribution in [2.24, 2.45) is 5.92 Å². The molecule has 7 heteroatoms. The smallest absolute Gasteiger partial charge is 0.336 e. The summed E-state index contributed by atoms with van der Waals surface area (Å²) in [5.41, 5.74) is 3.71. The number of carbonyl (C=O) groups is 2. The molecule has 3 aromatic carbocycles. The molecule has 0 saturated heterocycles. The van der Waals surface area contributed by atoms with E-state index in [-0.39, 0.29) is 17.5 Å². The zero-order chi connectivity index (χ0) is 25.9. The zero-order valence-electron chi connectivity index (χ0n) is 20.8. The molecule has 0 spiro atoms. The molecule has 1 aliphatic carbocycles. The average molecular weight is 516 g/mol. The number of para-hydroxylation sites is 2. The standard InChI is InChI=1S/C30H30ClN3O3/c1-2-8-24(18-9-3-4-10-18)34-29(35)19-15-16-20(22(17-19)30(36)37)27-21(11-7-12-23(27)31)28-32-25-13-5-6-14-26(25)33-28/h5-7,11-18,24H,2-4,8-10H2,1H3,(H,32,33)(H,34,35)(H,36,37)/t24-/m0/s1. The van der Waals surface area contributed by atoms with Gasteiger partial charge >= 0.3 is 5.97 Å². The Morgan fingerprint density at radius 3 is 2.59 bits per heavy atom. The number of aromatic amines is 1. The number of H-pyrrole nitrogens is 1. The van der Waals surface area contributed by atoms with Crippen molar-refractivity contribution < 1.29 is 14.7 Å². The van der Waals surface area contributed by atoms with E-state index in [4.69, 9.17) is 16.6 Å². The summed E-state index contributed by atoms with van der Waals surface area (Å²) in [5.74, 6) is -0.287. The van der Waals surface area contributed by atoms with Crippen molar-refractivity contribution in [2.45, 2.75) is 51.5 Å². The predicted molar refractivity (Wildman–Crippen MR) is 147 cm³/mol. The van der Waals surface area contributed by atoms with Crippen LogP contribution in [0.5, 0.6) is 0 Å². The molecular weight excluding hydrogens is 486 g/mol. The number of carboxylic acid groups (broad SMARTS) is 1. The number of benzene rings is 3. The molecule has 1 heterocycles. The first-order valence-corrected chi connectivity index (χ1v) is 13.3. The average Bonchev–Trinajstić information content (AvgIpc) is 3.58. The lowest BCUT2D eigenvalue weighted by atomic mass is 9.92. The Balaban J connectivity index is 1.53. The molecule has 1 amide bonds. The van der Waals surface area contributed by atoms with Crippen molar-refractivity contribution >= 4 is 34.5 Å². The molecule has 6 nitrogen and oxygen atoms in total. The highest BCUT2D eigenvalue weighted by atomic mass is 35.5. The first-order valence-electron chi connectivity index (χ1n) is 12.9. The second-order valence-electron chi connectivity index (χ2n) is 9.74. The van der Waals surface area contributed by atoms with Gasteiger partial charge in [0, 0.05) is 27.8 Å². The van der Waals surface area contributed by atoms with Gasteiger partial charge in [0.1, 0.15) is 5.82 Å². The minimum Gasteiger partial charge on any atom is -0.478 e. The topological polar surface area (TPSA) is 95.1 Å². The van der Waals surface area contributed by atoms with Gasteiger partial charge in [-0.25, -0.2) is 9.78 Å². The van der Waals surface area contributed by atoms with Gasteiger partial charge in [-0.15, -0.1) is 0 Å². The third-order valence-corrected chi connectivity index (χ3v) is 7.64. The Kier molecular flexibility index (Phi) is 7.28. The van der Waals surface area contributed by atoms with Gasteiger partial charge in [0.05, 0.1) is 16.6 Å². The van der Waals surface area contributed by atoms with Crippen molar-refractivity contribution in [2.75, 3.05) is 0 Å². The third-order valence-electron chi connectivity index (χ3n) is 7.32. The van der Waals surface area contributed by atoms with Gasteiger partial charge in [-0.3, -0.25) is 4.79 Å². The molecule has 0 aliphatic heterocycles. The van der Waals surface area contributed by atoms with Crippen LogP contribution >= 0.6 is 11.6 Å². The molecule has 3 N–H and O–H groups in total. The predicted octanol–water partition coefficient (Wildman–Crippen LogP) is 7.34. The summed E-state index contributed by atoms with van der Waals surface area (Å²) in [6, 6.07) is 18.0. The molecule has 1 atom stereocenters. The number of halogens is 1. The first kappa shape index (κ1) is 25.0. The molecule has 1 aliphatic rings. The minimum absolute atomic E-state index is 0.0195. The largest absolute Gasteiger partial charge is 0.478 e. The third kappa shape index (κ3) is 5.12. The fourth-order valence-electron chi connectivity index (χ4n) is 5.50. The number of aromatic nitrogens is 2. The molecule has 1 fully saturated rings. The Hall–Kier alpha value is -3.64. The van der Waals surface area contributed by atoms with Gasteiger partial charge < -0.3 is 15.4 Å².